The van der Waals surface area contributed by atoms with Crippen molar-refractivity contribution in [3.63, 3.8) is 0 Å². The summed E-state index contributed by atoms with van der Waals surface area (Å²) in [6, 6.07) is 23.0. The number of amides is 3. The molecule has 2 saturated heterocycles. The average molecular weight is 686 g/mol. The number of rotatable bonds is 8. The van der Waals surface area contributed by atoms with Crippen molar-refractivity contribution in [3.05, 3.63) is 130 Å². The van der Waals surface area contributed by atoms with Crippen molar-refractivity contribution in [3.8, 4) is 0 Å². The van der Waals surface area contributed by atoms with E-state index in [1.165, 1.54) is 18.2 Å². The molecule has 3 unspecified atom stereocenters. The summed E-state index contributed by atoms with van der Waals surface area (Å²) < 4.78 is 39.0. The predicted octanol–water partition coefficient (Wildman–Crippen LogP) is 4.90. The van der Waals surface area contributed by atoms with Crippen LogP contribution in [0, 0.1) is 5.82 Å². The van der Waals surface area contributed by atoms with Crippen LogP contribution in [0.3, 0.4) is 0 Å². The third-order valence-electron chi connectivity index (χ3n) is 8.27. The number of benzene rings is 3. The van der Waals surface area contributed by atoms with Crippen LogP contribution in [0.1, 0.15) is 50.0 Å². The van der Waals surface area contributed by atoms with Gasteiger partial charge in [-0.25, -0.2) is 14.0 Å². The highest BCUT2D eigenvalue weighted by atomic mass is 32.2. The Morgan fingerprint density at radius 1 is 1.00 bits per heavy atom. The van der Waals surface area contributed by atoms with E-state index in [1.807, 2.05) is 60.7 Å². The Bertz CT molecular complexity index is 1830. The molecule has 3 aliphatic rings. The Hall–Kier alpha value is -5.10. The van der Waals surface area contributed by atoms with E-state index in [-0.39, 0.29) is 29.5 Å². The van der Waals surface area contributed by atoms with Crippen LogP contribution in [0.5, 0.6) is 0 Å². The summed E-state index contributed by atoms with van der Waals surface area (Å²) in [6.07, 6.45) is 0.139. The molecule has 3 aromatic carbocycles. The number of hydrogen-bond acceptors (Lipinski definition) is 7. The second-order valence-electron chi connectivity index (χ2n) is 13.0. The van der Waals surface area contributed by atoms with Gasteiger partial charge in [-0.15, -0.1) is 0 Å². The van der Waals surface area contributed by atoms with Crippen LogP contribution in [-0.2, 0) is 41.2 Å². The summed E-state index contributed by atoms with van der Waals surface area (Å²) in [7, 11) is -1.77. The monoisotopic (exact) mass is 685 g/mol. The molecule has 0 bridgehead atoms. The summed E-state index contributed by atoms with van der Waals surface area (Å²) in [5.74, 6) is -2.41. The number of esters is 1. The fraction of sp³-hybridized carbons (Fsp3) is 0.297. The van der Waals surface area contributed by atoms with Gasteiger partial charge >= 0.3 is 12.1 Å². The number of carbonyl (C=O) groups is 4. The molecule has 2 fully saturated rings. The SMILES string of the molecule is CC(C)(C)OC(=O)NC1C(=O)N2C(C(=O)OC(c3ccccc3)c3ccccc3)=C(/C=C3\CCN(Cc4cccc(F)c4)C3=O)CS(=O)C12. The van der Waals surface area contributed by atoms with Crippen molar-refractivity contribution in [2.45, 2.75) is 56.9 Å². The molecule has 6 rings (SSSR count). The van der Waals surface area contributed by atoms with Crippen LogP contribution in [-0.4, -0.2) is 67.2 Å². The zero-order valence-electron chi connectivity index (χ0n) is 27.3. The molecule has 254 valence electrons. The minimum Gasteiger partial charge on any atom is -0.448 e. The highest BCUT2D eigenvalue weighted by Crippen LogP contribution is 2.38. The molecule has 49 heavy (non-hydrogen) atoms. The fourth-order valence-electron chi connectivity index (χ4n) is 6.10. The van der Waals surface area contributed by atoms with Gasteiger partial charge in [-0.05, 0) is 67.7 Å². The predicted molar refractivity (Wildman–Crippen MR) is 179 cm³/mol. The first-order valence-electron chi connectivity index (χ1n) is 15.9. The number of carbonyl (C=O) groups excluding carboxylic acids is 4. The summed E-state index contributed by atoms with van der Waals surface area (Å²) >= 11 is 0. The van der Waals surface area contributed by atoms with E-state index in [1.54, 1.807) is 37.8 Å². The Morgan fingerprint density at radius 3 is 2.27 bits per heavy atom. The number of nitrogens with one attached hydrogen (secondary N) is 1. The number of nitrogens with zero attached hydrogens (tertiary/aromatic N) is 2. The maximum atomic E-state index is 14.3. The number of allylic oxidation sites excluding steroid dienone is 1. The van der Waals surface area contributed by atoms with Gasteiger partial charge in [0, 0.05) is 18.7 Å². The van der Waals surface area contributed by atoms with Gasteiger partial charge in [-0.1, -0.05) is 72.8 Å². The molecule has 3 aromatic rings. The highest BCUT2D eigenvalue weighted by Gasteiger charge is 2.58. The van der Waals surface area contributed by atoms with Crippen molar-refractivity contribution >= 4 is 34.7 Å². The third kappa shape index (κ3) is 7.34. The van der Waals surface area contributed by atoms with Gasteiger partial charge in [0.25, 0.3) is 5.91 Å². The normalized spacial score (nSPS) is 21.5. The van der Waals surface area contributed by atoms with Crippen LogP contribution in [0.25, 0.3) is 0 Å². The van der Waals surface area contributed by atoms with E-state index in [0.29, 0.717) is 35.2 Å². The Morgan fingerprint density at radius 2 is 1.65 bits per heavy atom. The van der Waals surface area contributed by atoms with Gasteiger partial charge in [-0.2, -0.15) is 0 Å². The maximum absolute atomic E-state index is 14.3. The molecule has 10 nitrogen and oxygen atoms in total. The third-order valence-corrected chi connectivity index (χ3v) is 9.89. The van der Waals surface area contributed by atoms with E-state index >= 15 is 0 Å². The lowest BCUT2D eigenvalue weighted by molar-refractivity contribution is -0.153. The van der Waals surface area contributed by atoms with Gasteiger partial charge in [0.2, 0.25) is 5.91 Å². The first-order valence-corrected chi connectivity index (χ1v) is 17.3. The molecular formula is C37H36FN3O7S. The van der Waals surface area contributed by atoms with E-state index in [9.17, 15) is 27.8 Å². The van der Waals surface area contributed by atoms with Crippen molar-refractivity contribution < 1.29 is 37.3 Å². The lowest BCUT2D eigenvalue weighted by Gasteiger charge is -2.49. The highest BCUT2D eigenvalue weighted by molar-refractivity contribution is 7.86. The quantitative estimate of drug-likeness (QED) is 0.204. The number of hydrogen-bond donors (Lipinski definition) is 1. The van der Waals surface area contributed by atoms with Crippen LogP contribution >= 0.6 is 0 Å². The zero-order chi connectivity index (χ0) is 34.9. The molecule has 3 aliphatic heterocycles. The van der Waals surface area contributed by atoms with Gasteiger partial charge in [0.1, 0.15) is 28.5 Å². The zero-order valence-corrected chi connectivity index (χ0v) is 28.1. The topological polar surface area (TPSA) is 122 Å². The summed E-state index contributed by atoms with van der Waals surface area (Å²) in [5.41, 5.74) is 1.59. The Balaban J connectivity index is 1.35. The Labute approximate surface area is 286 Å². The lowest BCUT2D eigenvalue weighted by Crippen LogP contribution is -2.73. The van der Waals surface area contributed by atoms with Crippen LogP contribution in [0.15, 0.2) is 108 Å². The van der Waals surface area contributed by atoms with E-state index in [0.717, 1.165) is 4.90 Å². The number of halogens is 1. The molecule has 0 radical (unpaired) electrons. The molecule has 0 aromatic heterocycles. The largest absolute Gasteiger partial charge is 0.448 e. The number of alkyl carbamates (subject to hydrolysis) is 1. The average Bonchev–Trinajstić information content (AvgIpc) is 3.39. The first-order chi connectivity index (χ1) is 23.4. The van der Waals surface area contributed by atoms with Crippen molar-refractivity contribution in [1.29, 1.82) is 0 Å². The molecule has 3 heterocycles. The Kier molecular flexibility index (Phi) is 9.51. The fourth-order valence-corrected chi connectivity index (χ4v) is 7.73. The number of ether oxygens (including phenoxy) is 2. The summed E-state index contributed by atoms with van der Waals surface area (Å²) in [6.45, 7) is 5.58. The van der Waals surface area contributed by atoms with E-state index < -0.39 is 57.7 Å². The number of β-lactam (4-membered cyclic amide) rings is 1. The second-order valence-corrected chi connectivity index (χ2v) is 14.5. The minimum absolute atomic E-state index is 0.141. The molecule has 0 saturated carbocycles. The van der Waals surface area contributed by atoms with Gasteiger partial charge in [0.15, 0.2) is 6.10 Å². The molecule has 1 N–H and O–H groups in total. The smallest absolute Gasteiger partial charge is 0.408 e. The van der Waals surface area contributed by atoms with Gasteiger partial charge in [0.05, 0.1) is 16.6 Å². The molecular weight excluding hydrogens is 649 g/mol. The van der Waals surface area contributed by atoms with Gasteiger partial charge < -0.3 is 19.7 Å². The first kappa shape index (κ1) is 33.8. The van der Waals surface area contributed by atoms with E-state index in [2.05, 4.69) is 5.32 Å². The standard InChI is InChI=1S/C37H36FN3O7S/c1-37(2,3)48-36(45)39-29-33(43)41-30(35(44)47-31(24-12-6-4-7-13-24)25-14-8-5-9-15-25)27(22-49(46)34(29)41)20-26-17-18-40(32(26)42)21-23-11-10-16-28(38)19-23/h4-16,19-20,29,31,34H,17-18,21-22H2,1-3H3,(H,39,45)/b26-20+. The molecule has 0 spiro atoms. The second kappa shape index (κ2) is 13.8. The van der Waals surface area contributed by atoms with Crippen LogP contribution in [0.4, 0.5) is 9.18 Å². The van der Waals surface area contributed by atoms with Gasteiger partial charge in [-0.3, -0.25) is 18.7 Å². The van der Waals surface area contributed by atoms with Crippen molar-refractivity contribution in [1.82, 2.24) is 15.1 Å². The molecule has 12 heteroatoms. The van der Waals surface area contributed by atoms with E-state index in [4.69, 9.17) is 9.47 Å². The summed E-state index contributed by atoms with van der Waals surface area (Å²) in [5, 5.41) is 1.45. The van der Waals surface area contributed by atoms with Crippen LogP contribution in [0.2, 0.25) is 0 Å². The number of fused-ring (bicyclic) bond motifs is 1. The van der Waals surface area contributed by atoms with Crippen LogP contribution < -0.4 is 5.32 Å². The maximum Gasteiger partial charge on any atom is 0.408 e. The van der Waals surface area contributed by atoms with Crippen molar-refractivity contribution in [2.75, 3.05) is 12.3 Å². The van der Waals surface area contributed by atoms with Crippen molar-refractivity contribution in [2.24, 2.45) is 0 Å². The summed E-state index contributed by atoms with van der Waals surface area (Å²) in [4.78, 5) is 56.7. The molecule has 3 atom stereocenters. The lowest BCUT2D eigenvalue weighted by atomic mass is 10.00. The molecule has 3 amide bonds. The minimum atomic E-state index is -1.77. The molecule has 0 aliphatic carbocycles. The number of likely N-dealkylation sites (tertiary alicyclic amines) is 1.